The highest BCUT2D eigenvalue weighted by atomic mass is 35.5. The zero-order valence-corrected chi connectivity index (χ0v) is 11.2. The largest absolute Gasteiger partial charge is 0.294 e. The number of hydrogen-bond acceptors (Lipinski definition) is 2. The molecule has 3 nitrogen and oxygen atoms in total. The highest BCUT2D eigenvalue weighted by molar-refractivity contribution is 6.31. The molecule has 4 heteroatoms. The number of carbonyl (C=O) groups is 1. The second-order valence-corrected chi connectivity index (χ2v) is 4.76. The second kappa shape index (κ2) is 5.36. The molecule has 0 N–H and O–H groups in total. The molecule has 0 aliphatic carbocycles. The normalized spacial score (nSPS) is 10.6. The van der Waals surface area contributed by atoms with Crippen LogP contribution in [0.3, 0.4) is 0 Å². The van der Waals surface area contributed by atoms with E-state index >= 15 is 0 Å². The lowest BCUT2D eigenvalue weighted by Gasteiger charge is -2.02. The fraction of sp³-hybridized carbons (Fsp3) is 0.286. The summed E-state index contributed by atoms with van der Waals surface area (Å²) in [7, 11) is 0. The molecule has 0 amide bonds. The molecule has 0 saturated carbocycles. The first-order valence-electron chi connectivity index (χ1n) is 5.90. The lowest BCUT2D eigenvalue weighted by Crippen LogP contribution is -2.03. The van der Waals surface area contributed by atoms with Gasteiger partial charge in [-0.05, 0) is 43.2 Å². The van der Waals surface area contributed by atoms with Crippen LogP contribution in [0.4, 0.5) is 0 Å². The maximum Gasteiger partial charge on any atom is 0.167 e. The van der Waals surface area contributed by atoms with Gasteiger partial charge in [-0.2, -0.15) is 5.10 Å². The molecular formula is C14H15ClN2O. The fourth-order valence-corrected chi connectivity index (χ4v) is 2.15. The molecule has 0 fully saturated rings. The van der Waals surface area contributed by atoms with Crippen molar-refractivity contribution in [1.29, 1.82) is 0 Å². The predicted octanol–water partition coefficient (Wildman–Crippen LogP) is 3.29. The summed E-state index contributed by atoms with van der Waals surface area (Å²) in [5.74, 6) is 0.0660. The third-order valence-corrected chi connectivity index (χ3v) is 2.96. The summed E-state index contributed by atoms with van der Waals surface area (Å²) >= 11 is 5.96. The summed E-state index contributed by atoms with van der Waals surface area (Å²) in [6.45, 7) is 4.75. The first kappa shape index (κ1) is 12.8. The highest BCUT2D eigenvalue weighted by Gasteiger charge is 2.09. The molecule has 18 heavy (non-hydrogen) atoms. The fourth-order valence-electron chi connectivity index (χ4n) is 1.86. The van der Waals surface area contributed by atoms with Crippen LogP contribution in [0.25, 0.3) is 0 Å². The van der Waals surface area contributed by atoms with Crippen molar-refractivity contribution < 1.29 is 4.79 Å². The van der Waals surface area contributed by atoms with Crippen LogP contribution in [0.2, 0.25) is 5.02 Å². The van der Waals surface area contributed by atoms with Gasteiger partial charge in [0, 0.05) is 29.7 Å². The molecule has 1 heterocycles. The van der Waals surface area contributed by atoms with Crippen LogP contribution in [0.15, 0.2) is 30.6 Å². The summed E-state index contributed by atoms with van der Waals surface area (Å²) in [6.07, 6.45) is 3.99. The van der Waals surface area contributed by atoms with Crippen molar-refractivity contribution in [3.8, 4) is 0 Å². The Kier molecular flexibility index (Phi) is 3.82. The van der Waals surface area contributed by atoms with E-state index in [4.69, 9.17) is 11.6 Å². The number of aryl methyl sites for hydroxylation is 2. The molecule has 2 rings (SSSR count). The zero-order valence-electron chi connectivity index (χ0n) is 10.5. The average molecular weight is 263 g/mol. The van der Waals surface area contributed by atoms with Gasteiger partial charge in [0.2, 0.25) is 0 Å². The Balaban J connectivity index is 2.16. The van der Waals surface area contributed by atoms with Crippen molar-refractivity contribution in [2.24, 2.45) is 0 Å². The summed E-state index contributed by atoms with van der Waals surface area (Å²) in [5, 5.41) is 4.75. The molecule has 0 aliphatic heterocycles. The van der Waals surface area contributed by atoms with Crippen LogP contribution in [-0.4, -0.2) is 15.6 Å². The smallest absolute Gasteiger partial charge is 0.167 e. The Morgan fingerprint density at radius 1 is 1.39 bits per heavy atom. The van der Waals surface area contributed by atoms with Gasteiger partial charge >= 0.3 is 0 Å². The van der Waals surface area contributed by atoms with E-state index in [2.05, 4.69) is 5.10 Å². The molecule has 1 aromatic carbocycles. The highest BCUT2D eigenvalue weighted by Crippen LogP contribution is 2.16. The molecule has 94 valence electrons. The van der Waals surface area contributed by atoms with Crippen molar-refractivity contribution in [2.75, 3.05) is 0 Å². The van der Waals surface area contributed by atoms with Crippen LogP contribution < -0.4 is 0 Å². The maximum absolute atomic E-state index is 12.1. The van der Waals surface area contributed by atoms with E-state index in [-0.39, 0.29) is 5.78 Å². The summed E-state index contributed by atoms with van der Waals surface area (Å²) in [5.41, 5.74) is 2.58. The Labute approximate surface area is 111 Å². The van der Waals surface area contributed by atoms with Crippen molar-refractivity contribution in [3.05, 3.63) is 52.3 Å². The molecule has 0 spiro atoms. The number of carbonyl (C=O) groups excluding carboxylic acids is 1. The van der Waals surface area contributed by atoms with E-state index in [9.17, 15) is 4.79 Å². The zero-order chi connectivity index (χ0) is 13.1. The topological polar surface area (TPSA) is 34.9 Å². The Hall–Kier alpha value is -1.61. The number of ketones is 1. The van der Waals surface area contributed by atoms with Gasteiger partial charge in [-0.1, -0.05) is 11.6 Å². The van der Waals surface area contributed by atoms with Gasteiger partial charge in [0.1, 0.15) is 0 Å². The minimum absolute atomic E-state index is 0.0660. The number of Topliss-reactive ketones (excluding diaryl/α,β-unsaturated/α-hetero) is 1. The SMILES string of the molecule is CCn1cc(CC(=O)c2cc(C)cc(Cl)c2)cn1. The standard InChI is InChI=1S/C14H15ClN2O/c1-3-17-9-11(8-16-17)6-14(18)12-4-10(2)5-13(15)7-12/h4-5,7-9H,3,6H2,1-2H3. The number of benzene rings is 1. The van der Waals surface area contributed by atoms with Crippen LogP contribution in [-0.2, 0) is 13.0 Å². The molecule has 0 atom stereocenters. The van der Waals surface area contributed by atoms with E-state index in [0.717, 1.165) is 17.7 Å². The van der Waals surface area contributed by atoms with Gasteiger partial charge in [-0.25, -0.2) is 0 Å². The van der Waals surface area contributed by atoms with Crippen molar-refractivity contribution in [3.63, 3.8) is 0 Å². The lowest BCUT2D eigenvalue weighted by molar-refractivity contribution is 0.0993. The lowest BCUT2D eigenvalue weighted by atomic mass is 10.0. The second-order valence-electron chi connectivity index (χ2n) is 4.32. The van der Waals surface area contributed by atoms with E-state index in [1.165, 1.54) is 0 Å². The van der Waals surface area contributed by atoms with E-state index in [1.54, 1.807) is 12.3 Å². The molecule has 1 aromatic heterocycles. The predicted molar refractivity (Wildman–Crippen MR) is 72.1 cm³/mol. The molecule has 0 saturated heterocycles. The molecule has 0 radical (unpaired) electrons. The third-order valence-electron chi connectivity index (χ3n) is 2.74. The maximum atomic E-state index is 12.1. The molecule has 0 aliphatic rings. The Bertz CT molecular complexity index is 555. The van der Waals surface area contributed by atoms with Gasteiger partial charge in [0.15, 0.2) is 5.78 Å². The first-order valence-corrected chi connectivity index (χ1v) is 6.28. The first-order chi connectivity index (χ1) is 8.58. The summed E-state index contributed by atoms with van der Waals surface area (Å²) in [4.78, 5) is 12.1. The summed E-state index contributed by atoms with van der Waals surface area (Å²) < 4.78 is 1.81. The summed E-state index contributed by atoms with van der Waals surface area (Å²) in [6, 6.07) is 5.41. The van der Waals surface area contributed by atoms with E-state index in [0.29, 0.717) is 17.0 Å². The third kappa shape index (κ3) is 2.99. The quantitative estimate of drug-likeness (QED) is 0.793. The number of rotatable bonds is 4. The monoisotopic (exact) mass is 262 g/mol. The number of nitrogens with zero attached hydrogens (tertiary/aromatic N) is 2. The van der Waals surface area contributed by atoms with Crippen molar-refractivity contribution in [1.82, 2.24) is 9.78 Å². The Morgan fingerprint density at radius 3 is 2.78 bits per heavy atom. The van der Waals surface area contributed by atoms with Gasteiger partial charge in [-0.15, -0.1) is 0 Å². The minimum Gasteiger partial charge on any atom is -0.294 e. The van der Waals surface area contributed by atoms with Gasteiger partial charge < -0.3 is 0 Å². The van der Waals surface area contributed by atoms with Crippen molar-refractivity contribution in [2.45, 2.75) is 26.8 Å². The van der Waals surface area contributed by atoms with Crippen LogP contribution >= 0.6 is 11.6 Å². The van der Waals surface area contributed by atoms with Gasteiger partial charge in [0.05, 0.1) is 6.20 Å². The number of halogens is 1. The number of aromatic nitrogens is 2. The Morgan fingerprint density at radius 2 is 2.17 bits per heavy atom. The minimum atomic E-state index is 0.0660. The van der Waals surface area contributed by atoms with Gasteiger partial charge in [-0.3, -0.25) is 9.48 Å². The van der Waals surface area contributed by atoms with Crippen LogP contribution in [0.1, 0.15) is 28.4 Å². The average Bonchev–Trinajstić information content (AvgIpc) is 2.75. The van der Waals surface area contributed by atoms with Crippen molar-refractivity contribution >= 4 is 17.4 Å². The van der Waals surface area contributed by atoms with E-state index in [1.807, 2.05) is 36.9 Å². The number of hydrogen-bond donors (Lipinski definition) is 0. The van der Waals surface area contributed by atoms with Crippen LogP contribution in [0.5, 0.6) is 0 Å². The molecule has 0 unspecified atom stereocenters. The van der Waals surface area contributed by atoms with Gasteiger partial charge in [0.25, 0.3) is 0 Å². The molecule has 2 aromatic rings. The molecular weight excluding hydrogens is 248 g/mol. The van der Waals surface area contributed by atoms with E-state index < -0.39 is 0 Å². The molecule has 0 bridgehead atoms. The van der Waals surface area contributed by atoms with Crippen LogP contribution in [0, 0.1) is 6.92 Å².